The highest BCUT2D eigenvalue weighted by Gasteiger charge is 2.32. The summed E-state index contributed by atoms with van der Waals surface area (Å²) in [5.41, 5.74) is 1.39. The van der Waals surface area contributed by atoms with E-state index < -0.39 is 0 Å². The van der Waals surface area contributed by atoms with Gasteiger partial charge in [-0.05, 0) is 32.3 Å². The molecule has 1 aliphatic rings. The Balaban J connectivity index is 1.70. The summed E-state index contributed by atoms with van der Waals surface area (Å²) in [6.45, 7) is 5.39. The summed E-state index contributed by atoms with van der Waals surface area (Å²) in [5, 5.41) is 15.0. The summed E-state index contributed by atoms with van der Waals surface area (Å²) < 4.78 is 1.77. The maximum absolute atomic E-state index is 10.8. The molecule has 0 bridgehead atoms. The van der Waals surface area contributed by atoms with Gasteiger partial charge in [-0.1, -0.05) is 30.3 Å². The fourth-order valence-corrected chi connectivity index (χ4v) is 3.53. The second-order valence-corrected chi connectivity index (χ2v) is 6.42. The van der Waals surface area contributed by atoms with Crippen molar-refractivity contribution in [3.05, 3.63) is 58.4 Å². The number of aromatic nitrogens is 2. The Morgan fingerprint density at radius 1 is 1.22 bits per heavy atom. The van der Waals surface area contributed by atoms with Gasteiger partial charge in [0.25, 0.3) is 0 Å². The van der Waals surface area contributed by atoms with Crippen LogP contribution in [0.15, 0.2) is 42.7 Å². The number of likely N-dealkylation sites (tertiary alicyclic amines) is 1. The Morgan fingerprint density at radius 3 is 2.43 bits per heavy atom. The second kappa shape index (κ2) is 6.50. The summed E-state index contributed by atoms with van der Waals surface area (Å²) in [7, 11) is 0. The monoisotopic (exact) mass is 314 g/mol. The highest BCUT2D eigenvalue weighted by molar-refractivity contribution is 5.21. The molecular formula is C17H22N4O2. The Labute approximate surface area is 135 Å². The first kappa shape index (κ1) is 15.7. The molecule has 1 aliphatic heterocycles. The van der Waals surface area contributed by atoms with Gasteiger partial charge in [0.15, 0.2) is 0 Å². The third-order valence-corrected chi connectivity index (χ3v) is 4.74. The van der Waals surface area contributed by atoms with E-state index in [1.807, 2.05) is 6.07 Å². The molecule has 1 unspecified atom stereocenters. The molecule has 2 heterocycles. The van der Waals surface area contributed by atoms with Gasteiger partial charge in [0, 0.05) is 18.6 Å². The Kier molecular flexibility index (Phi) is 4.43. The van der Waals surface area contributed by atoms with Crippen molar-refractivity contribution >= 4 is 5.69 Å². The number of rotatable bonds is 4. The SMILES string of the molecule is CC1C[C@H](n2cc([N+](=O)[O-])cn2)C[C@@H](C)N1Cc1ccccc1. The second-order valence-electron chi connectivity index (χ2n) is 6.42. The number of nitro groups is 1. The lowest BCUT2D eigenvalue weighted by atomic mass is 9.92. The molecule has 0 spiro atoms. The van der Waals surface area contributed by atoms with Crippen molar-refractivity contribution in [3.63, 3.8) is 0 Å². The number of hydrogen-bond acceptors (Lipinski definition) is 4. The summed E-state index contributed by atoms with van der Waals surface area (Å²) in [4.78, 5) is 12.9. The molecule has 6 nitrogen and oxygen atoms in total. The maximum atomic E-state index is 10.8. The van der Waals surface area contributed by atoms with Crippen LogP contribution in [0, 0.1) is 10.1 Å². The van der Waals surface area contributed by atoms with Crippen molar-refractivity contribution in [2.45, 2.75) is 51.4 Å². The van der Waals surface area contributed by atoms with E-state index in [9.17, 15) is 10.1 Å². The van der Waals surface area contributed by atoms with Crippen molar-refractivity contribution in [1.82, 2.24) is 14.7 Å². The average Bonchev–Trinajstić information content (AvgIpc) is 3.02. The van der Waals surface area contributed by atoms with Crippen LogP contribution < -0.4 is 0 Å². The molecule has 2 aromatic rings. The van der Waals surface area contributed by atoms with Crippen LogP contribution in [0.1, 0.15) is 38.3 Å². The largest absolute Gasteiger partial charge is 0.307 e. The van der Waals surface area contributed by atoms with Gasteiger partial charge in [-0.2, -0.15) is 5.10 Å². The molecule has 1 aromatic carbocycles. The first-order chi connectivity index (χ1) is 11.0. The van der Waals surface area contributed by atoms with Crippen molar-refractivity contribution in [1.29, 1.82) is 0 Å². The number of hydrogen-bond donors (Lipinski definition) is 0. The standard InChI is InChI=1S/C17H22N4O2/c1-13-8-16(20-12-17(10-18-20)21(22)23)9-14(2)19(13)11-15-6-4-3-5-7-15/h3-7,10,12-14,16H,8-9,11H2,1-2H3/t13-,14?,16-/m1/s1. The predicted octanol–water partition coefficient (Wildman–Crippen LogP) is 3.41. The summed E-state index contributed by atoms with van der Waals surface area (Å²) in [5.74, 6) is 0. The van der Waals surface area contributed by atoms with E-state index in [-0.39, 0.29) is 16.7 Å². The van der Waals surface area contributed by atoms with E-state index >= 15 is 0 Å². The lowest BCUT2D eigenvalue weighted by Crippen LogP contribution is -2.46. The van der Waals surface area contributed by atoms with E-state index in [2.05, 4.69) is 48.1 Å². The molecule has 3 atom stereocenters. The van der Waals surface area contributed by atoms with Crippen molar-refractivity contribution in [2.75, 3.05) is 0 Å². The molecule has 3 rings (SSSR count). The van der Waals surface area contributed by atoms with Crippen LogP contribution in [0.3, 0.4) is 0 Å². The molecule has 122 valence electrons. The Morgan fingerprint density at radius 2 is 1.87 bits per heavy atom. The molecule has 0 saturated carbocycles. The lowest BCUT2D eigenvalue weighted by molar-refractivity contribution is -0.385. The van der Waals surface area contributed by atoms with Crippen LogP contribution in [-0.4, -0.2) is 31.7 Å². The number of benzene rings is 1. The predicted molar refractivity (Wildman–Crippen MR) is 88.1 cm³/mol. The molecule has 1 fully saturated rings. The zero-order valence-corrected chi connectivity index (χ0v) is 13.5. The fourth-order valence-electron chi connectivity index (χ4n) is 3.53. The summed E-state index contributed by atoms with van der Waals surface area (Å²) in [6, 6.07) is 11.5. The summed E-state index contributed by atoms with van der Waals surface area (Å²) in [6.07, 6.45) is 4.80. The third-order valence-electron chi connectivity index (χ3n) is 4.74. The normalized spacial score (nSPS) is 25.4. The van der Waals surface area contributed by atoms with Gasteiger partial charge in [0.05, 0.1) is 11.0 Å². The molecule has 0 radical (unpaired) electrons. The fraction of sp³-hybridized carbons (Fsp3) is 0.471. The van der Waals surface area contributed by atoms with Crippen LogP contribution >= 0.6 is 0 Å². The third kappa shape index (κ3) is 3.42. The van der Waals surface area contributed by atoms with Gasteiger partial charge >= 0.3 is 5.69 Å². The van der Waals surface area contributed by atoms with Gasteiger partial charge in [0.2, 0.25) is 0 Å². The Hall–Kier alpha value is -2.21. The van der Waals surface area contributed by atoms with Crippen molar-refractivity contribution in [2.24, 2.45) is 0 Å². The van der Waals surface area contributed by atoms with Gasteiger partial charge in [-0.15, -0.1) is 0 Å². The molecular weight excluding hydrogens is 292 g/mol. The lowest BCUT2D eigenvalue weighted by Gasteiger charge is -2.42. The Bertz CT molecular complexity index is 658. The van der Waals surface area contributed by atoms with E-state index in [0.29, 0.717) is 12.1 Å². The quantitative estimate of drug-likeness (QED) is 0.641. The molecule has 6 heteroatoms. The topological polar surface area (TPSA) is 64.2 Å². The molecule has 0 N–H and O–H groups in total. The van der Waals surface area contributed by atoms with Crippen molar-refractivity contribution < 1.29 is 4.92 Å². The smallest absolute Gasteiger partial charge is 0.294 e. The highest BCUT2D eigenvalue weighted by atomic mass is 16.6. The molecule has 1 saturated heterocycles. The first-order valence-electron chi connectivity index (χ1n) is 8.03. The van der Waals surface area contributed by atoms with Crippen LogP contribution in [0.25, 0.3) is 0 Å². The average molecular weight is 314 g/mol. The minimum absolute atomic E-state index is 0.0667. The zero-order valence-electron chi connectivity index (χ0n) is 13.5. The molecule has 1 aromatic heterocycles. The summed E-state index contributed by atoms with van der Waals surface area (Å²) >= 11 is 0. The minimum atomic E-state index is -0.388. The zero-order chi connectivity index (χ0) is 16.4. The van der Waals surface area contributed by atoms with Gasteiger partial charge in [0.1, 0.15) is 12.4 Å². The molecule has 0 aliphatic carbocycles. The van der Waals surface area contributed by atoms with Gasteiger partial charge < -0.3 is 0 Å². The molecule has 23 heavy (non-hydrogen) atoms. The van der Waals surface area contributed by atoms with Crippen molar-refractivity contribution in [3.8, 4) is 0 Å². The van der Waals surface area contributed by atoms with E-state index in [0.717, 1.165) is 19.4 Å². The van der Waals surface area contributed by atoms with Crippen LogP contribution in [0.2, 0.25) is 0 Å². The maximum Gasteiger partial charge on any atom is 0.307 e. The van der Waals surface area contributed by atoms with Gasteiger partial charge in [-0.3, -0.25) is 19.7 Å². The number of piperidine rings is 1. The van der Waals surface area contributed by atoms with E-state index in [4.69, 9.17) is 0 Å². The van der Waals surface area contributed by atoms with E-state index in [1.165, 1.54) is 11.8 Å². The van der Waals surface area contributed by atoms with Crippen LogP contribution in [0.4, 0.5) is 5.69 Å². The number of nitrogens with zero attached hydrogens (tertiary/aromatic N) is 4. The van der Waals surface area contributed by atoms with Crippen LogP contribution in [0.5, 0.6) is 0 Å². The minimum Gasteiger partial charge on any atom is -0.294 e. The highest BCUT2D eigenvalue weighted by Crippen LogP contribution is 2.32. The first-order valence-corrected chi connectivity index (χ1v) is 8.03. The van der Waals surface area contributed by atoms with E-state index in [1.54, 1.807) is 10.9 Å². The molecule has 0 amide bonds. The van der Waals surface area contributed by atoms with Gasteiger partial charge in [-0.25, -0.2) is 0 Å². The van der Waals surface area contributed by atoms with Crippen LogP contribution in [-0.2, 0) is 6.54 Å².